The minimum absolute atomic E-state index is 0.253. The van der Waals surface area contributed by atoms with Crippen molar-refractivity contribution >= 4 is 5.78 Å². The summed E-state index contributed by atoms with van der Waals surface area (Å²) in [5.41, 5.74) is 3.19. The van der Waals surface area contributed by atoms with Crippen molar-refractivity contribution in [2.45, 2.75) is 40.7 Å². The first-order chi connectivity index (χ1) is 8.93. The smallest absolute Gasteiger partial charge is 0.178 e. The Bertz CT molecular complexity index is 475. The van der Waals surface area contributed by atoms with Crippen LogP contribution in [0.1, 0.15) is 42.0 Å². The molecular weight excluding hydrogens is 236 g/mol. The molecule has 2 unspecified atom stereocenters. The van der Waals surface area contributed by atoms with Crippen LogP contribution in [-0.4, -0.2) is 35.4 Å². The van der Waals surface area contributed by atoms with Crippen molar-refractivity contribution in [2.75, 3.05) is 20.1 Å². The number of carbonyl (C=O) groups excluding carboxylic acids is 1. The molecule has 2 rings (SSSR count). The van der Waals surface area contributed by atoms with E-state index >= 15 is 0 Å². The third kappa shape index (κ3) is 3.08. The topological polar surface area (TPSA) is 25.2 Å². The van der Waals surface area contributed by atoms with E-state index in [9.17, 15) is 4.79 Å². The first-order valence-electron chi connectivity index (χ1n) is 7.32. The number of nitrogens with zero attached hydrogens (tertiary/aromatic N) is 2. The van der Waals surface area contributed by atoms with Gasteiger partial charge in [-0.05, 0) is 52.1 Å². The quantitative estimate of drug-likeness (QED) is 0.737. The van der Waals surface area contributed by atoms with E-state index < -0.39 is 0 Å². The second kappa shape index (κ2) is 5.49. The van der Waals surface area contributed by atoms with Crippen molar-refractivity contribution in [1.82, 2.24) is 9.47 Å². The van der Waals surface area contributed by atoms with Gasteiger partial charge < -0.3 is 4.57 Å². The number of hydrogen-bond acceptors (Lipinski definition) is 2. The van der Waals surface area contributed by atoms with Gasteiger partial charge in [-0.25, -0.2) is 0 Å². The third-order valence-corrected chi connectivity index (χ3v) is 4.43. The second-order valence-corrected chi connectivity index (χ2v) is 6.12. The number of carbonyl (C=O) groups is 1. The lowest BCUT2D eigenvalue weighted by atomic mass is 10.1. The summed E-state index contributed by atoms with van der Waals surface area (Å²) >= 11 is 0. The van der Waals surface area contributed by atoms with Crippen LogP contribution in [0, 0.1) is 25.7 Å². The minimum atomic E-state index is 0.253. The Labute approximate surface area is 116 Å². The predicted molar refractivity (Wildman–Crippen MR) is 78.7 cm³/mol. The SMILES string of the molecule is CCn1c(C)cc(C(=O)CN(C)CC2CC2C)c1C. The van der Waals surface area contributed by atoms with Gasteiger partial charge in [-0.3, -0.25) is 9.69 Å². The van der Waals surface area contributed by atoms with E-state index in [0.29, 0.717) is 6.54 Å². The standard InChI is InChI=1S/C16H26N2O/c1-6-18-12(3)8-15(13(18)4)16(19)10-17(5)9-14-7-11(14)2/h8,11,14H,6-7,9-10H2,1-5H3. The summed E-state index contributed by atoms with van der Waals surface area (Å²) in [5, 5.41) is 0. The zero-order valence-electron chi connectivity index (χ0n) is 12.9. The van der Waals surface area contributed by atoms with Crippen molar-refractivity contribution in [3.05, 3.63) is 23.0 Å². The fourth-order valence-corrected chi connectivity index (χ4v) is 3.02. The van der Waals surface area contributed by atoms with Crippen LogP contribution in [0.15, 0.2) is 6.07 Å². The molecule has 3 heteroatoms. The Morgan fingerprint density at radius 3 is 2.58 bits per heavy atom. The van der Waals surface area contributed by atoms with Gasteiger partial charge in [0.2, 0.25) is 0 Å². The molecular formula is C16H26N2O. The molecule has 106 valence electrons. The highest BCUT2D eigenvalue weighted by atomic mass is 16.1. The summed E-state index contributed by atoms with van der Waals surface area (Å²) in [5.74, 6) is 1.91. The first-order valence-corrected chi connectivity index (χ1v) is 7.32. The molecule has 0 aromatic carbocycles. The van der Waals surface area contributed by atoms with Gasteiger partial charge in [0.05, 0.1) is 6.54 Å². The van der Waals surface area contributed by atoms with E-state index in [1.165, 1.54) is 12.1 Å². The average molecular weight is 262 g/mol. The zero-order chi connectivity index (χ0) is 14.2. The Morgan fingerprint density at radius 2 is 2.11 bits per heavy atom. The van der Waals surface area contributed by atoms with Crippen molar-refractivity contribution in [3.8, 4) is 0 Å². The average Bonchev–Trinajstić information content (AvgIpc) is 2.92. The lowest BCUT2D eigenvalue weighted by Gasteiger charge is -2.15. The summed E-state index contributed by atoms with van der Waals surface area (Å²) in [6, 6.07) is 2.04. The third-order valence-electron chi connectivity index (χ3n) is 4.43. The Kier molecular flexibility index (Phi) is 4.14. The number of likely N-dealkylation sites (N-methyl/N-ethyl adjacent to an activating group) is 1. The van der Waals surface area contributed by atoms with Crippen LogP contribution in [0.5, 0.6) is 0 Å². The maximum atomic E-state index is 12.4. The Balaban J connectivity index is 1.99. The zero-order valence-corrected chi connectivity index (χ0v) is 12.9. The fraction of sp³-hybridized carbons (Fsp3) is 0.688. The summed E-state index contributed by atoms with van der Waals surface area (Å²) in [6.45, 7) is 11.1. The predicted octanol–water partition coefficient (Wildman–Crippen LogP) is 2.90. The van der Waals surface area contributed by atoms with E-state index in [1.807, 2.05) is 13.0 Å². The second-order valence-electron chi connectivity index (χ2n) is 6.12. The van der Waals surface area contributed by atoms with Crippen molar-refractivity contribution < 1.29 is 4.79 Å². The molecule has 1 fully saturated rings. The fourth-order valence-electron chi connectivity index (χ4n) is 3.02. The Morgan fingerprint density at radius 1 is 1.47 bits per heavy atom. The van der Waals surface area contributed by atoms with E-state index in [-0.39, 0.29) is 5.78 Å². The molecule has 2 atom stereocenters. The van der Waals surface area contributed by atoms with E-state index in [1.54, 1.807) is 0 Å². The summed E-state index contributed by atoms with van der Waals surface area (Å²) in [6.07, 6.45) is 1.32. The highest BCUT2D eigenvalue weighted by molar-refractivity contribution is 5.99. The van der Waals surface area contributed by atoms with E-state index in [0.717, 1.165) is 36.2 Å². The monoisotopic (exact) mass is 262 g/mol. The first kappa shape index (κ1) is 14.3. The van der Waals surface area contributed by atoms with Gasteiger partial charge in [0.25, 0.3) is 0 Å². The maximum Gasteiger partial charge on any atom is 0.178 e. The van der Waals surface area contributed by atoms with Gasteiger partial charge in [0.15, 0.2) is 5.78 Å². The maximum absolute atomic E-state index is 12.4. The molecule has 1 heterocycles. The lowest BCUT2D eigenvalue weighted by Crippen LogP contribution is -2.28. The van der Waals surface area contributed by atoms with Gasteiger partial charge in [0.1, 0.15) is 0 Å². The summed E-state index contributed by atoms with van der Waals surface area (Å²) in [4.78, 5) is 14.6. The lowest BCUT2D eigenvalue weighted by molar-refractivity contribution is 0.0942. The van der Waals surface area contributed by atoms with E-state index in [4.69, 9.17) is 0 Å². The van der Waals surface area contributed by atoms with Crippen LogP contribution in [-0.2, 0) is 6.54 Å². The molecule has 0 saturated heterocycles. The molecule has 0 radical (unpaired) electrons. The molecule has 0 spiro atoms. The van der Waals surface area contributed by atoms with Gasteiger partial charge in [-0.1, -0.05) is 6.92 Å². The molecule has 0 bridgehead atoms. The van der Waals surface area contributed by atoms with Crippen LogP contribution >= 0.6 is 0 Å². The Hall–Kier alpha value is -1.09. The molecule has 19 heavy (non-hydrogen) atoms. The number of hydrogen-bond donors (Lipinski definition) is 0. The van der Waals surface area contributed by atoms with Crippen LogP contribution < -0.4 is 0 Å². The minimum Gasteiger partial charge on any atom is -0.349 e. The van der Waals surface area contributed by atoms with Crippen molar-refractivity contribution in [2.24, 2.45) is 11.8 Å². The van der Waals surface area contributed by atoms with Crippen LogP contribution in [0.2, 0.25) is 0 Å². The number of aromatic nitrogens is 1. The molecule has 0 aliphatic heterocycles. The van der Waals surface area contributed by atoms with Crippen LogP contribution in [0.3, 0.4) is 0 Å². The van der Waals surface area contributed by atoms with Crippen molar-refractivity contribution in [3.63, 3.8) is 0 Å². The summed E-state index contributed by atoms with van der Waals surface area (Å²) < 4.78 is 2.20. The number of Topliss-reactive ketones (excluding diaryl/α,β-unsaturated/α-hetero) is 1. The van der Waals surface area contributed by atoms with Crippen LogP contribution in [0.25, 0.3) is 0 Å². The van der Waals surface area contributed by atoms with Crippen LogP contribution in [0.4, 0.5) is 0 Å². The number of rotatable bonds is 6. The largest absolute Gasteiger partial charge is 0.349 e. The molecule has 3 nitrogen and oxygen atoms in total. The molecule has 1 saturated carbocycles. The van der Waals surface area contributed by atoms with Gasteiger partial charge in [0, 0.05) is 30.0 Å². The molecule has 0 N–H and O–H groups in total. The molecule has 1 aromatic rings. The molecule has 0 amide bonds. The number of ketones is 1. The van der Waals surface area contributed by atoms with Gasteiger partial charge in [-0.15, -0.1) is 0 Å². The van der Waals surface area contributed by atoms with Gasteiger partial charge in [-0.2, -0.15) is 0 Å². The molecule has 1 aromatic heterocycles. The van der Waals surface area contributed by atoms with Gasteiger partial charge >= 0.3 is 0 Å². The van der Waals surface area contributed by atoms with E-state index in [2.05, 4.69) is 37.3 Å². The normalized spacial score (nSPS) is 22.0. The molecule has 1 aliphatic carbocycles. The molecule has 1 aliphatic rings. The highest BCUT2D eigenvalue weighted by Gasteiger charge is 2.33. The summed E-state index contributed by atoms with van der Waals surface area (Å²) in [7, 11) is 2.06. The van der Waals surface area contributed by atoms with Crippen molar-refractivity contribution in [1.29, 1.82) is 0 Å². The highest BCUT2D eigenvalue weighted by Crippen LogP contribution is 2.37. The number of aryl methyl sites for hydroxylation is 1.